The molecule has 0 bridgehead atoms. The molecule has 0 aliphatic carbocycles. The third-order valence-electron chi connectivity index (χ3n) is 2.59. The number of benzene rings is 1. The van der Waals surface area contributed by atoms with Crippen LogP contribution in [0.4, 0.5) is 0 Å². The highest BCUT2D eigenvalue weighted by Crippen LogP contribution is 2.28. The average Bonchev–Trinajstić information content (AvgIpc) is 2.35. The molecule has 0 saturated heterocycles. The summed E-state index contributed by atoms with van der Waals surface area (Å²) in [5.41, 5.74) is 6.47. The van der Waals surface area contributed by atoms with Gasteiger partial charge in [0.25, 0.3) is 0 Å². The maximum atomic E-state index is 9.28. The van der Waals surface area contributed by atoms with Crippen molar-refractivity contribution < 1.29 is 14.6 Å². The summed E-state index contributed by atoms with van der Waals surface area (Å²) >= 11 is 0. The highest BCUT2D eigenvalue weighted by Gasteiger charge is 2.11. The van der Waals surface area contributed by atoms with Crippen molar-refractivity contribution in [1.82, 2.24) is 0 Å². The highest BCUT2D eigenvalue weighted by molar-refractivity contribution is 5.41. The highest BCUT2D eigenvalue weighted by atomic mass is 16.5. The first-order valence-corrected chi connectivity index (χ1v) is 5.56. The number of fused-ring (bicyclic) bond motifs is 1. The molecule has 1 aliphatic rings. The zero-order valence-corrected chi connectivity index (χ0v) is 9.19. The summed E-state index contributed by atoms with van der Waals surface area (Å²) in [5, 5.41) is 9.28. The van der Waals surface area contributed by atoms with Gasteiger partial charge in [-0.3, -0.25) is 0 Å². The summed E-state index contributed by atoms with van der Waals surface area (Å²) in [4.78, 5) is 0. The largest absolute Gasteiger partial charge is 0.493 e. The molecule has 16 heavy (non-hydrogen) atoms. The number of aryl methyl sites for hydroxylation is 1. The minimum Gasteiger partial charge on any atom is -0.493 e. The Morgan fingerprint density at radius 1 is 1.50 bits per heavy atom. The molecule has 4 nitrogen and oxygen atoms in total. The predicted molar refractivity (Wildman–Crippen MR) is 60.8 cm³/mol. The first-order valence-electron chi connectivity index (χ1n) is 5.56. The van der Waals surface area contributed by atoms with Crippen LogP contribution in [-0.2, 0) is 6.42 Å². The van der Waals surface area contributed by atoms with Crippen LogP contribution in [0.5, 0.6) is 11.5 Å². The molecule has 1 heterocycles. The molecule has 0 aromatic heterocycles. The first kappa shape index (κ1) is 11.2. The molecule has 0 fully saturated rings. The van der Waals surface area contributed by atoms with Crippen molar-refractivity contribution in [2.24, 2.45) is 5.73 Å². The number of ether oxygens (including phenoxy) is 2. The summed E-state index contributed by atoms with van der Waals surface area (Å²) in [5.74, 6) is 1.70. The molecule has 4 heteroatoms. The fraction of sp³-hybridized carbons (Fsp3) is 0.500. The van der Waals surface area contributed by atoms with E-state index in [9.17, 15) is 5.11 Å². The van der Waals surface area contributed by atoms with Crippen LogP contribution in [-0.4, -0.2) is 31.0 Å². The first-order chi connectivity index (χ1) is 7.79. The van der Waals surface area contributed by atoms with Gasteiger partial charge in [-0.05, 0) is 36.6 Å². The third-order valence-corrected chi connectivity index (χ3v) is 2.59. The number of hydrogen-bond donors (Lipinski definition) is 2. The molecule has 0 saturated carbocycles. The van der Waals surface area contributed by atoms with Gasteiger partial charge in [-0.25, -0.2) is 0 Å². The Labute approximate surface area is 95.0 Å². The van der Waals surface area contributed by atoms with Gasteiger partial charge in [0.2, 0.25) is 0 Å². The normalized spacial score (nSPS) is 16.1. The molecule has 1 aromatic rings. The van der Waals surface area contributed by atoms with Crippen LogP contribution >= 0.6 is 0 Å². The van der Waals surface area contributed by atoms with E-state index in [-0.39, 0.29) is 13.2 Å². The van der Waals surface area contributed by atoms with Crippen molar-refractivity contribution >= 4 is 0 Å². The summed E-state index contributed by atoms with van der Waals surface area (Å²) in [6.45, 7) is 1.24. The Balaban J connectivity index is 2.00. The van der Waals surface area contributed by atoms with Crippen LogP contribution < -0.4 is 15.2 Å². The molecule has 2 rings (SSSR count). The van der Waals surface area contributed by atoms with Crippen LogP contribution in [0.1, 0.15) is 12.0 Å². The Hall–Kier alpha value is -1.26. The lowest BCUT2D eigenvalue weighted by molar-refractivity contribution is 0.114. The molecule has 0 radical (unpaired) electrons. The van der Waals surface area contributed by atoms with Gasteiger partial charge >= 0.3 is 0 Å². The smallest absolute Gasteiger partial charge is 0.122 e. The number of aliphatic hydroxyl groups excluding tert-OH is 1. The van der Waals surface area contributed by atoms with E-state index in [0.29, 0.717) is 0 Å². The molecule has 0 spiro atoms. The van der Waals surface area contributed by atoms with E-state index in [2.05, 4.69) is 0 Å². The van der Waals surface area contributed by atoms with Crippen molar-refractivity contribution in [2.45, 2.75) is 18.9 Å². The summed E-state index contributed by atoms with van der Waals surface area (Å²) in [6, 6.07) is 5.74. The Bertz CT molecular complexity index is 354. The van der Waals surface area contributed by atoms with Gasteiger partial charge in [0.05, 0.1) is 6.61 Å². The molecule has 1 atom stereocenters. The maximum Gasteiger partial charge on any atom is 0.122 e. The van der Waals surface area contributed by atoms with Crippen molar-refractivity contribution in [3.05, 3.63) is 23.8 Å². The monoisotopic (exact) mass is 223 g/mol. The van der Waals surface area contributed by atoms with E-state index in [0.717, 1.165) is 30.9 Å². The Morgan fingerprint density at radius 2 is 2.38 bits per heavy atom. The lowest BCUT2D eigenvalue weighted by atomic mass is 10.1. The number of hydrogen-bond acceptors (Lipinski definition) is 4. The van der Waals surface area contributed by atoms with Crippen molar-refractivity contribution in [3.63, 3.8) is 0 Å². The number of rotatable bonds is 4. The summed E-state index contributed by atoms with van der Waals surface area (Å²) < 4.78 is 10.9. The van der Waals surface area contributed by atoms with Crippen LogP contribution in [0.2, 0.25) is 0 Å². The van der Waals surface area contributed by atoms with Gasteiger partial charge in [0.1, 0.15) is 24.2 Å². The van der Waals surface area contributed by atoms with Gasteiger partial charge in [-0.15, -0.1) is 0 Å². The van der Waals surface area contributed by atoms with E-state index in [1.165, 1.54) is 5.56 Å². The van der Waals surface area contributed by atoms with Crippen LogP contribution in [0.15, 0.2) is 18.2 Å². The van der Waals surface area contributed by atoms with Crippen molar-refractivity contribution in [2.75, 3.05) is 19.8 Å². The molecule has 1 aliphatic heterocycles. The lowest BCUT2D eigenvalue weighted by Crippen LogP contribution is -2.26. The van der Waals surface area contributed by atoms with E-state index in [4.69, 9.17) is 15.2 Å². The van der Waals surface area contributed by atoms with Crippen molar-refractivity contribution in [1.29, 1.82) is 0 Å². The number of aliphatic hydroxyl groups is 1. The zero-order chi connectivity index (χ0) is 11.4. The maximum absolute atomic E-state index is 9.28. The van der Waals surface area contributed by atoms with Gasteiger partial charge < -0.3 is 20.3 Å². The minimum atomic E-state index is -0.604. The van der Waals surface area contributed by atoms with Gasteiger partial charge in [0.15, 0.2) is 0 Å². The second-order valence-electron chi connectivity index (χ2n) is 3.92. The quantitative estimate of drug-likeness (QED) is 0.789. The van der Waals surface area contributed by atoms with E-state index < -0.39 is 6.10 Å². The fourth-order valence-corrected chi connectivity index (χ4v) is 1.69. The van der Waals surface area contributed by atoms with Gasteiger partial charge in [0, 0.05) is 6.54 Å². The summed E-state index contributed by atoms with van der Waals surface area (Å²) in [7, 11) is 0. The molecule has 1 aromatic carbocycles. The molecular weight excluding hydrogens is 206 g/mol. The van der Waals surface area contributed by atoms with E-state index in [1.807, 2.05) is 18.2 Å². The van der Waals surface area contributed by atoms with Crippen LogP contribution in [0, 0.1) is 0 Å². The number of nitrogens with two attached hydrogens (primary N) is 1. The molecule has 3 N–H and O–H groups in total. The molecule has 88 valence electrons. The average molecular weight is 223 g/mol. The van der Waals surface area contributed by atoms with Crippen LogP contribution in [0.3, 0.4) is 0 Å². The minimum absolute atomic E-state index is 0.216. The zero-order valence-electron chi connectivity index (χ0n) is 9.19. The van der Waals surface area contributed by atoms with Gasteiger partial charge in [-0.2, -0.15) is 0 Å². The topological polar surface area (TPSA) is 64.7 Å². The molecule has 0 amide bonds. The molecule has 1 unspecified atom stereocenters. The summed E-state index contributed by atoms with van der Waals surface area (Å²) in [6.07, 6.45) is 1.46. The standard InChI is InChI=1S/C12H17NO3/c13-7-10(14)8-16-11-3-4-12-9(6-11)2-1-5-15-12/h3-4,6,10,14H,1-2,5,7-8,13H2. The third kappa shape index (κ3) is 2.65. The van der Waals surface area contributed by atoms with Crippen molar-refractivity contribution in [3.8, 4) is 11.5 Å². The van der Waals surface area contributed by atoms with Gasteiger partial charge in [-0.1, -0.05) is 0 Å². The Morgan fingerprint density at radius 3 is 3.19 bits per heavy atom. The van der Waals surface area contributed by atoms with E-state index in [1.54, 1.807) is 0 Å². The second-order valence-corrected chi connectivity index (χ2v) is 3.92. The Kier molecular flexibility index (Phi) is 3.64. The molecular formula is C12H17NO3. The lowest BCUT2D eigenvalue weighted by Gasteiger charge is -2.18. The predicted octanol–water partition coefficient (Wildman–Crippen LogP) is 0.710. The van der Waals surface area contributed by atoms with Crippen LogP contribution in [0.25, 0.3) is 0 Å². The fourth-order valence-electron chi connectivity index (χ4n) is 1.69. The SMILES string of the molecule is NCC(O)COc1ccc2c(c1)CCCO2. The second kappa shape index (κ2) is 5.18. The van der Waals surface area contributed by atoms with E-state index >= 15 is 0 Å².